The Kier molecular flexibility index (Phi) is 13.2. The number of guanidine groups is 1. The number of furan rings is 1. The zero-order chi connectivity index (χ0) is 30.5. The second-order valence-electron chi connectivity index (χ2n) is 9.31. The van der Waals surface area contributed by atoms with Gasteiger partial charge in [0.25, 0.3) is 11.9 Å². The molecule has 0 saturated heterocycles. The first-order valence-electron chi connectivity index (χ1n) is 13.2. The summed E-state index contributed by atoms with van der Waals surface area (Å²) >= 11 is 6.45. The van der Waals surface area contributed by atoms with Crippen molar-refractivity contribution in [2.45, 2.75) is 60.3 Å². The van der Waals surface area contributed by atoms with Gasteiger partial charge in [0.15, 0.2) is 17.3 Å². The fourth-order valence-corrected chi connectivity index (χ4v) is 4.09. The van der Waals surface area contributed by atoms with E-state index in [9.17, 15) is 9.59 Å². The smallest absolute Gasteiger partial charge is 0.305 e. The molecule has 1 amide bonds. The van der Waals surface area contributed by atoms with Crippen LogP contribution in [0.2, 0.25) is 5.02 Å². The van der Waals surface area contributed by atoms with E-state index in [0.717, 1.165) is 16.8 Å². The molecule has 1 heterocycles. The Labute approximate surface area is 245 Å². The zero-order valence-corrected chi connectivity index (χ0v) is 25.6. The van der Waals surface area contributed by atoms with E-state index in [2.05, 4.69) is 20.6 Å². The fourth-order valence-electron chi connectivity index (χ4n) is 3.62. The molecule has 0 spiro atoms. The first-order chi connectivity index (χ1) is 19.5. The quantitative estimate of drug-likeness (QED) is 0.0938. The summed E-state index contributed by atoms with van der Waals surface area (Å²) in [4.78, 5) is 33.0. The van der Waals surface area contributed by atoms with Crippen molar-refractivity contribution in [3.05, 3.63) is 52.2 Å². The van der Waals surface area contributed by atoms with Gasteiger partial charge in [0.2, 0.25) is 11.8 Å². The summed E-state index contributed by atoms with van der Waals surface area (Å²) in [6, 6.07) is 4.83. The molecule has 0 unspecified atom stereocenters. The second kappa shape index (κ2) is 16.3. The average molecular weight is 591 g/mol. The predicted molar refractivity (Wildman–Crippen MR) is 158 cm³/mol. The maximum absolute atomic E-state index is 12.8. The zero-order valence-electron chi connectivity index (χ0n) is 24.8. The number of nitrogens with one attached hydrogen (secondary N) is 2. The number of ether oxygens (including phenoxy) is 4. The Balaban J connectivity index is 2.12. The van der Waals surface area contributed by atoms with Gasteiger partial charge in [-0.05, 0) is 57.7 Å². The van der Waals surface area contributed by atoms with Crippen LogP contribution < -0.4 is 20.1 Å². The number of rotatable bonds is 13. The van der Waals surface area contributed by atoms with Crippen molar-refractivity contribution in [2.24, 2.45) is 9.98 Å². The van der Waals surface area contributed by atoms with Crippen molar-refractivity contribution >= 4 is 35.1 Å². The van der Waals surface area contributed by atoms with E-state index in [1.165, 1.54) is 25.4 Å². The molecule has 1 aromatic carbocycles. The summed E-state index contributed by atoms with van der Waals surface area (Å²) < 4.78 is 27.5. The first kappa shape index (κ1) is 33.2. The highest BCUT2D eigenvalue weighted by Crippen LogP contribution is 2.44. The Morgan fingerprint density at radius 2 is 1.90 bits per heavy atom. The normalized spacial score (nSPS) is 11.7. The summed E-state index contributed by atoms with van der Waals surface area (Å²) in [7, 11) is 2.98. The maximum atomic E-state index is 12.8. The van der Waals surface area contributed by atoms with Crippen LogP contribution >= 0.6 is 11.6 Å². The number of hydrogen-bond acceptors (Lipinski definition) is 8. The highest BCUT2D eigenvalue weighted by atomic mass is 35.5. The van der Waals surface area contributed by atoms with Crippen LogP contribution in [0.1, 0.15) is 75.1 Å². The molecule has 41 heavy (non-hydrogen) atoms. The number of esters is 1. The third-order valence-electron chi connectivity index (χ3n) is 5.42. The van der Waals surface area contributed by atoms with Gasteiger partial charge in [-0.1, -0.05) is 25.4 Å². The molecule has 1 aromatic heterocycles. The third-order valence-corrected chi connectivity index (χ3v) is 5.74. The van der Waals surface area contributed by atoms with E-state index in [4.69, 9.17) is 35.0 Å². The molecule has 2 aromatic rings. The van der Waals surface area contributed by atoms with Crippen LogP contribution in [0.15, 0.2) is 44.7 Å². The topological polar surface area (TPSA) is 133 Å². The molecule has 0 aliphatic heterocycles. The van der Waals surface area contributed by atoms with Crippen molar-refractivity contribution in [1.29, 1.82) is 0 Å². The first-order valence-corrected chi connectivity index (χ1v) is 13.6. The lowest BCUT2D eigenvalue weighted by Gasteiger charge is -2.19. The molecule has 0 radical (unpaired) electrons. The molecule has 0 aliphatic carbocycles. The second-order valence-corrected chi connectivity index (χ2v) is 9.72. The SMILES string of the molecule is CCOC(=O)CCCN=C(N=C(C)C)N/C(=C/NC(=O)c1ccc(Oc2c(C)cc(Cl)c(C(C)C)c2OC)o1)OC. The molecule has 0 saturated carbocycles. The van der Waals surface area contributed by atoms with E-state index < -0.39 is 5.91 Å². The number of amides is 1. The molecule has 0 atom stereocenters. The summed E-state index contributed by atoms with van der Waals surface area (Å²) in [5.74, 6) is 0.795. The van der Waals surface area contributed by atoms with Gasteiger partial charge in [-0.2, -0.15) is 0 Å². The Morgan fingerprint density at radius 3 is 2.51 bits per heavy atom. The van der Waals surface area contributed by atoms with Crippen molar-refractivity contribution in [1.82, 2.24) is 10.6 Å². The van der Waals surface area contributed by atoms with Crippen LogP contribution in [0.25, 0.3) is 0 Å². The highest BCUT2D eigenvalue weighted by Gasteiger charge is 2.22. The number of hydrogen-bond donors (Lipinski definition) is 2. The number of nitrogens with zero attached hydrogens (tertiary/aromatic N) is 2. The summed E-state index contributed by atoms with van der Waals surface area (Å²) in [6.07, 6.45) is 2.07. The summed E-state index contributed by atoms with van der Waals surface area (Å²) in [6.45, 7) is 11.9. The van der Waals surface area contributed by atoms with Gasteiger partial charge in [0.05, 0.1) is 27.0 Å². The van der Waals surface area contributed by atoms with Crippen LogP contribution in [0.5, 0.6) is 17.4 Å². The van der Waals surface area contributed by atoms with Crippen molar-refractivity contribution in [3.8, 4) is 17.4 Å². The van der Waals surface area contributed by atoms with Gasteiger partial charge in [0, 0.05) is 35.3 Å². The molecule has 12 heteroatoms. The largest absolute Gasteiger partial charge is 0.492 e. The standard InChI is InChI=1S/C29H39ClN4O7/c1-9-39-23(35)11-10-14-31-29(33-18(4)5)34-22(37-7)16-32-28(36)21-12-13-24(40-21)41-26-19(6)15-20(30)25(17(2)3)27(26)38-8/h12-13,15-17H,9-11,14H2,1-8H3,(H,31,34)(H,32,36)/b22-16-. The Hall–Kier alpha value is -3.99. The molecular weight excluding hydrogens is 552 g/mol. The van der Waals surface area contributed by atoms with Gasteiger partial charge < -0.3 is 28.7 Å². The van der Waals surface area contributed by atoms with E-state index >= 15 is 0 Å². The molecule has 11 nitrogen and oxygen atoms in total. The van der Waals surface area contributed by atoms with Crippen molar-refractivity contribution in [2.75, 3.05) is 27.4 Å². The molecular formula is C29H39ClN4O7. The maximum Gasteiger partial charge on any atom is 0.305 e. The summed E-state index contributed by atoms with van der Waals surface area (Å²) in [5.41, 5.74) is 2.31. The molecule has 2 N–H and O–H groups in total. The minimum atomic E-state index is -0.540. The van der Waals surface area contributed by atoms with Crippen molar-refractivity contribution < 1.29 is 33.0 Å². The fraction of sp³-hybridized carbons (Fsp3) is 0.448. The molecule has 0 bridgehead atoms. The minimum Gasteiger partial charge on any atom is -0.492 e. The third kappa shape index (κ3) is 10.2. The number of carbonyl (C=O) groups excluding carboxylic acids is 2. The summed E-state index contributed by atoms with van der Waals surface area (Å²) in [5, 5.41) is 6.11. The van der Waals surface area contributed by atoms with Crippen LogP contribution in [-0.2, 0) is 14.3 Å². The van der Waals surface area contributed by atoms with Gasteiger partial charge in [-0.25, -0.2) is 4.99 Å². The predicted octanol–water partition coefficient (Wildman–Crippen LogP) is 6.11. The monoisotopic (exact) mass is 590 g/mol. The van der Waals surface area contributed by atoms with E-state index in [0.29, 0.717) is 36.1 Å². The number of halogens is 1. The lowest BCUT2D eigenvalue weighted by Crippen LogP contribution is -2.26. The number of carbonyl (C=O) groups is 2. The van der Waals surface area contributed by atoms with E-state index in [1.807, 2.05) is 34.6 Å². The van der Waals surface area contributed by atoms with Crippen LogP contribution in [0, 0.1) is 6.92 Å². The number of aryl methyl sites for hydroxylation is 1. The van der Waals surface area contributed by atoms with Gasteiger partial charge >= 0.3 is 5.97 Å². The molecule has 2 rings (SSSR count). The molecule has 224 valence electrons. The van der Waals surface area contributed by atoms with Gasteiger partial charge in [-0.15, -0.1) is 0 Å². The van der Waals surface area contributed by atoms with Crippen LogP contribution in [-0.4, -0.2) is 50.9 Å². The van der Waals surface area contributed by atoms with Crippen LogP contribution in [0.3, 0.4) is 0 Å². The molecule has 0 fully saturated rings. The van der Waals surface area contributed by atoms with Crippen LogP contribution in [0.4, 0.5) is 0 Å². The highest BCUT2D eigenvalue weighted by molar-refractivity contribution is 6.31. The number of benzene rings is 1. The Bertz CT molecular complexity index is 1290. The minimum absolute atomic E-state index is 0.0108. The van der Waals surface area contributed by atoms with E-state index in [-0.39, 0.29) is 41.9 Å². The Morgan fingerprint density at radius 1 is 1.17 bits per heavy atom. The average Bonchev–Trinajstić information content (AvgIpc) is 3.38. The lowest BCUT2D eigenvalue weighted by atomic mass is 9.99. The van der Waals surface area contributed by atoms with Gasteiger partial charge in [0.1, 0.15) is 0 Å². The van der Waals surface area contributed by atoms with E-state index in [1.54, 1.807) is 20.1 Å². The number of aliphatic imine (C=N–C) groups is 2. The number of methoxy groups -OCH3 is 2. The van der Waals surface area contributed by atoms with Gasteiger partial charge in [-0.3, -0.25) is 19.9 Å². The van der Waals surface area contributed by atoms with Crippen molar-refractivity contribution in [3.63, 3.8) is 0 Å². The molecule has 0 aliphatic rings. The lowest BCUT2D eigenvalue weighted by molar-refractivity contribution is -0.143.